The summed E-state index contributed by atoms with van der Waals surface area (Å²) >= 11 is 0. The number of nitrogens with zero attached hydrogens (tertiary/aromatic N) is 1. The van der Waals surface area contributed by atoms with E-state index in [1.807, 2.05) is 42.5 Å². The third kappa shape index (κ3) is 4.09. The second-order valence-corrected chi connectivity index (χ2v) is 7.45. The molecule has 2 heterocycles. The fourth-order valence-corrected chi connectivity index (χ4v) is 3.95. The van der Waals surface area contributed by atoms with Gasteiger partial charge >= 0.3 is 0 Å². The number of aliphatic hydroxyl groups is 1. The summed E-state index contributed by atoms with van der Waals surface area (Å²) in [7, 11) is 0. The largest absolute Gasteiger partial charge is 0.491 e. The Bertz CT molecular complexity index is 714. The van der Waals surface area contributed by atoms with E-state index in [1.165, 1.54) is 5.56 Å². The van der Waals surface area contributed by atoms with Crippen LogP contribution in [0.25, 0.3) is 0 Å². The van der Waals surface area contributed by atoms with E-state index in [0.29, 0.717) is 13.2 Å². The van der Waals surface area contributed by atoms with Gasteiger partial charge in [0.25, 0.3) is 0 Å². The minimum absolute atomic E-state index is 0.234. The molecular formula is C22H27NO3. The van der Waals surface area contributed by atoms with Crippen LogP contribution in [-0.2, 0) is 16.9 Å². The van der Waals surface area contributed by atoms with E-state index in [0.717, 1.165) is 50.3 Å². The van der Waals surface area contributed by atoms with E-state index >= 15 is 0 Å². The first-order valence-corrected chi connectivity index (χ1v) is 9.55. The van der Waals surface area contributed by atoms with Crippen LogP contribution in [0.3, 0.4) is 0 Å². The van der Waals surface area contributed by atoms with E-state index < -0.39 is 5.60 Å². The molecule has 26 heavy (non-hydrogen) atoms. The van der Waals surface area contributed by atoms with Gasteiger partial charge in [0.05, 0.1) is 6.10 Å². The number of likely N-dealkylation sites (tertiary alicyclic amines) is 1. The van der Waals surface area contributed by atoms with Crippen LogP contribution in [0.1, 0.15) is 30.4 Å². The highest BCUT2D eigenvalue weighted by atomic mass is 16.5. The van der Waals surface area contributed by atoms with E-state index in [4.69, 9.17) is 9.47 Å². The Morgan fingerprint density at radius 2 is 2.04 bits per heavy atom. The maximum absolute atomic E-state index is 11.0. The van der Waals surface area contributed by atoms with Crippen LogP contribution in [0.4, 0.5) is 0 Å². The van der Waals surface area contributed by atoms with Gasteiger partial charge in [-0.1, -0.05) is 42.5 Å². The fraction of sp³-hybridized carbons (Fsp3) is 0.455. The number of rotatable bonds is 6. The smallest absolute Gasteiger partial charge is 0.119 e. The van der Waals surface area contributed by atoms with Gasteiger partial charge in [0.1, 0.15) is 18.0 Å². The van der Waals surface area contributed by atoms with Crippen LogP contribution < -0.4 is 4.74 Å². The number of hydrogen-bond donors (Lipinski definition) is 1. The monoisotopic (exact) mass is 353 g/mol. The topological polar surface area (TPSA) is 41.9 Å². The maximum atomic E-state index is 11.0. The van der Waals surface area contributed by atoms with E-state index in [1.54, 1.807) is 0 Å². The molecule has 4 rings (SSSR count). The van der Waals surface area contributed by atoms with Crippen molar-refractivity contribution >= 4 is 0 Å². The van der Waals surface area contributed by atoms with Gasteiger partial charge in [-0.15, -0.1) is 0 Å². The molecule has 138 valence electrons. The van der Waals surface area contributed by atoms with Gasteiger partial charge in [0.2, 0.25) is 0 Å². The van der Waals surface area contributed by atoms with Gasteiger partial charge in [0.15, 0.2) is 0 Å². The van der Waals surface area contributed by atoms with Crippen molar-refractivity contribution in [3.63, 3.8) is 0 Å². The summed E-state index contributed by atoms with van der Waals surface area (Å²) in [6.45, 7) is 3.87. The Kier molecular flexibility index (Phi) is 5.25. The zero-order chi connectivity index (χ0) is 17.8. The van der Waals surface area contributed by atoms with Crippen molar-refractivity contribution in [2.45, 2.75) is 37.5 Å². The number of β-amino-alcohol motifs (C(OH)–C–C–N with tert-alkyl or cyclic N) is 1. The molecule has 1 N–H and O–H groups in total. The maximum Gasteiger partial charge on any atom is 0.119 e. The molecular weight excluding hydrogens is 326 g/mol. The predicted molar refractivity (Wildman–Crippen MR) is 101 cm³/mol. The van der Waals surface area contributed by atoms with E-state index in [2.05, 4.69) is 17.0 Å². The summed E-state index contributed by atoms with van der Waals surface area (Å²) in [5.74, 6) is 0.899. The lowest BCUT2D eigenvalue weighted by Crippen LogP contribution is -2.30. The minimum Gasteiger partial charge on any atom is -0.491 e. The second-order valence-electron chi connectivity index (χ2n) is 7.45. The normalized spacial score (nSPS) is 26.3. The van der Waals surface area contributed by atoms with Crippen molar-refractivity contribution in [3.8, 4) is 5.75 Å². The molecule has 0 radical (unpaired) electrons. The molecule has 0 aromatic heterocycles. The second kappa shape index (κ2) is 7.78. The third-order valence-corrected chi connectivity index (χ3v) is 5.40. The van der Waals surface area contributed by atoms with Crippen molar-refractivity contribution in [3.05, 3.63) is 65.7 Å². The first-order valence-electron chi connectivity index (χ1n) is 9.55. The fourth-order valence-electron chi connectivity index (χ4n) is 3.95. The quantitative estimate of drug-likeness (QED) is 0.865. The van der Waals surface area contributed by atoms with Gasteiger partial charge in [-0.3, -0.25) is 4.90 Å². The minimum atomic E-state index is -0.741. The molecule has 0 unspecified atom stereocenters. The van der Waals surface area contributed by atoms with E-state index in [9.17, 15) is 5.11 Å². The van der Waals surface area contributed by atoms with Crippen molar-refractivity contribution in [2.75, 3.05) is 26.3 Å². The Morgan fingerprint density at radius 3 is 2.85 bits per heavy atom. The van der Waals surface area contributed by atoms with Gasteiger partial charge in [-0.25, -0.2) is 0 Å². The molecule has 2 aromatic carbocycles. The van der Waals surface area contributed by atoms with Crippen LogP contribution in [0, 0.1) is 0 Å². The van der Waals surface area contributed by atoms with Gasteiger partial charge in [-0.05, 0) is 42.5 Å². The summed E-state index contributed by atoms with van der Waals surface area (Å²) in [4.78, 5) is 2.31. The highest BCUT2D eigenvalue weighted by Gasteiger charge is 2.37. The highest BCUT2D eigenvalue weighted by molar-refractivity contribution is 5.29. The lowest BCUT2D eigenvalue weighted by Gasteiger charge is -2.24. The van der Waals surface area contributed by atoms with Crippen molar-refractivity contribution in [1.29, 1.82) is 0 Å². The van der Waals surface area contributed by atoms with Crippen molar-refractivity contribution in [1.82, 2.24) is 4.90 Å². The third-order valence-electron chi connectivity index (χ3n) is 5.40. The highest BCUT2D eigenvalue weighted by Crippen LogP contribution is 2.32. The number of benzene rings is 2. The van der Waals surface area contributed by atoms with Crippen LogP contribution in [-0.4, -0.2) is 42.4 Å². The van der Waals surface area contributed by atoms with Crippen LogP contribution in [0.15, 0.2) is 54.6 Å². The van der Waals surface area contributed by atoms with Crippen LogP contribution in [0.2, 0.25) is 0 Å². The zero-order valence-corrected chi connectivity index (χ0v) is 15.1. The SMILES string of the molecule is O[C@@]1(c2ccccc2)CCN(Cc2cccc(OC[C@@H]3CCCO3)c2)C1. The molecule has 4 heteroatoms. The number of ether oxygens (including phenoxy) is 2. The summed E-state index contributed by atoms with van der Waals surface area (Å²) < 4.78 is 11.5. The summed E-state index contributed by atoms with van der Waals surface area (Å²) in [5, 5.41) is 11.0. The van der Waals surface area contributed by atoms with Crippen LogP contribution in [0.5, 0.6) is 5.75 Å². The summed E-state index contributed by atoms with van der Waals surface area (Å²) in [6.07, 6.45) is 3.23. The van der Waals surface area contributed by atoms with Crippen LogP contribution >= 0.6 is 0 Å². The zero-order valence-electron chi connectivity index (χ0n) is 15.1. The molecule has 0 aliphatic carbocycles. The average molecular weight is 353 g/mol. The molecule has 2 fully saturated rings. The summed E-state index contributed by atoms with van der Waals surface area (Å²) in [5.41, 5.74) is 1.48. The lowest BCUT2D eigenvalue weighted by molar-refractivity contribution is 0.0452. The predicted octanol–water partition coefficient (Wildman–Crippen LogP) is 3.34. The molecule has 0 bridgehead atoms. The molecule has 0 saturated carbocycles. The van der Waals surface area contributed by atoms with Crippen molar-refractivity contribution in [2.24, 2.45) is 0 Å². The molecule has 4 nitrogen and oxygen atoms in total. The van der Waals surface area contributed by atoms with E-state index in [-0.39, 0.29) is 6.10 Å². The molecule has 2 saturated heterocycles. The standard InChI is InChI=1S/C22H27NO3/c24-22(19-7-2-1-3-8-19)11-12-23(17-22)15-18-6-4-9-20(14-18)26-16-21-10-5-13-25-21/h1-4,6-9,14,21,24H,5,10-13,15-17H2/t21-,22-/m0/s1. The Balaban J connectivity index is 1.35. The molecule has 2 aliphatic heterocycles. The first-order chi connectivity index (χ1) is 12.7. The molecule has 2 aliphatic rings. The molecule has 0 amide bonds. The Morgan fingerprint density at radius 1 is 1.15 bits per heavy atom. The average Bonchev–Trinajstić information content (AvgIpc) is 3.32. The van der Waals surface area contributed by atoms with Crippen molar-refractivity contribution < 1.29 is 14.6 Å². The lowest BCUT2D eigenvalue weighted by atomic mass is 9.93. The Hall–Kier alpha value is -1.88. The van der Waals surface area contributed by atoms with Gasteiger partial charge < -0.3 is 14.6 Å². The molecule has 2 atom stereocenters. The first kappa shape index (κ1) is 17.5. The van der Waals surface area contributed by atoms with Gasteiger partial charge in [0, 0.05) is 26.2 Å². The van der Waals surface area contributed by atoms with Gasteiger partial charge in [-0.2, -0.15) is 0 Å². The summed E-state index contributed by atoms with van der Waals surface area (Å²) in [6, 6.07) is 18.3. The molecule has 0 spiro atoms. The molecule has 2 aromatic rings. The Labute approximate surface area is 155 Å². The number of hydrogen-bond acceptors (Lipinski definition) is 4.